The molecule has 0 fully saturated rings. The van der Waals surface area contributed by atoms with E-state index in [0.29, 0.717) is 24.0 Å². The number of hydrogen-bond donors (Lipinski definition) is 1. The largest absolute Gasteiger partial charge is 0.477 e. The van der Waals surface area contributed by atoms with Crippen LogP contribution in [0.3, 0.4) is 0 Å². The SMILES string of the molecule is C/C=C/C(F)(F)c1ccc(/C2=C/C(C(=O)O)=N/C(Cl)=C\CC2)cc1. The van der Waals surface area contributed by atoms with Gasteiger partial charge in [0.25, 0.3) is 5.92 Å². The second kappa shape index (κ2) is 7.53. The molecule has 0 saturated heterocycles. The Hall–Kier alpha value is -2.27. The molecule has 0 aliphatic carbocycles. The summed E-state index contributed by atoms with van der Waals surface area (Å²) < 4.78 is 27.7. The van der Waals surface area contributed by atoms with E-state index < -0.39 is 11.9 Å². The standard InChI is InChI=1S/C18H16ClF2NO2/c1-2-10-18(20,21)14-8-6-12(7-9-14)13-4-3-5-16(19)22-15(11-13)17(23)24/h2,5-11H,3-4H2,1H3,(H,23,24)/b10-2+,13-11+,16-5-,22-15-. The van der Waals surface area contributed by atoms with Gasteiger partial charge in [-0.1, -0.05) is 41.9 Å². The fraction of sp³-hybridized carbons (Fsp3) is 0.222. The second-order valence-electron chi connectivity index (χ2n) is 5.24. The van der Waals surface area contributed by atoms with Crippen LogP contribution in [0.15, 0.2) is 58.7 Å². The molecule has 1 aromatic rings. The summed E-state index contributed by atoms with van der Waals surface area (Å²) in [5.41, 5.74) is 1.08. The van der Waals surface area contributed by atoms with E-state index in [0.717, 1.165) is 6.08 Å². The number of carboxylic acid groups (broad SMARTS) is 1. The lowest BCUT2D eigenvalue weighted by molar-refractivity contribution is -0.129. The summed E-state index contributed by atoms with van der Waals surface area (Å²) in [7, 11) is 0. The van der Waals surface area contributed by atoms with Crippen molar-refractivity contribution in [2.24, 2.45) is 4.99 Å². The number of alkyl halides is 2. The van der Waals surface area contributed by atoms with Gasteiger partial charge in [-0.15, -0.1) is 0 Å². The molecule has 0 atom stereocenters. The summed E-state index contributed by atoms with van der Waals surface area (Å²) in [5, 5.41) is 9.31. The molecule has 0 aromatic heterocycles. The third-order valence-electron chi connectivity index (χ3n) is 3.50. The van der Waals surface area contributed by atoms with Crippen LogP contribution in [0, 0.1) is 0 Å². The number of aliphatic imine (C=N–C) groups is 1. The van der Waals surface area contributed by atoms with Crippen molar-refractivity contribution in [3.8, 4) is 0 Å². The molecule has 0 radical (unpaired) electrons. The lowest BCUT2D eigenvalue weighted by atomic mass is 9.96. The van der Waals surface area contributed by atoms with E-state index in [9.17, 15) is 18.7 Å². The average molecular weight is 352 g/mol. The molecule has 3 nitrogen and oxygen atoms in total. The quantitative estimate of drug-likeness (QED) is 0.603. The normalized spacial score (nSPS) is 22.6. The number of aliphatic carboxylic acids is 1. The smallest absolute Gasteiger partial charge is 0.354 e. The molecule has 0 saturated carbocycles. The van der Waals surface area contributed by atoms with Crippen molar-refractivity contribution in [1.82, 2.24) is 0 Å². The van der Waals surface area contributed by atoms with Crippen LogP contribution in [-0.2, 0) is 10.7 Å². The minimum Gasteiger partial charge on any atom is -0.477 e. The Morgan fingerprint density at radius 3 is 2.58 bits per heavy atom. The van der Waals surface area contributed by atoms with E-state index >= 15 is 0 Å². The van der Waals surface area contributed by atoms with E-state index in [-0.39, 0.29) is 16.4 Å². The van der Waals surface area contributed by atoms with Crippen LogP contribution in [-0.4, -0.2) is 16.8 Å². The molecule has 24 heavy (non-hydrogen) atoms. The number of carboxylic acids is 1. The lowest BCUT2D eigenvalue weighted by Crippen LogP contribution is -2.12. The first-order valence-electron chi connectivity index (χ1n) is 7.34. The van der Waals surface area contributed by atoms with Crippen LogP contribution in [0.4, 0.5) is 8.78 Å². The van der Waals surface area contributed by atoms with Gasteiger partial charge in [-0.25, -0.2) is 9.79 Å². The maximum atomic E-state index is 13.8. The van der Waals surface area contributed by atoms with Crippen molar-refractivity contribution in [2.45, 2.75) is 25.7 Å². The molecular weight excluding hydrogens is 336 g/mol. The third-order valence-corrected chi connectivity index (χ3v) is 3.74. The fourth-order valence-corrected chi connectivity index (χ4v) is 2.53. The van der Waals surface area contributed by atoms with E-state index in [4.69, 9.17) is 11.6 Å². The molecular formula is C18H16ClF2NO2. The summed E-state index contributed by atoms with van der Waals surface area (Å²) in [5.74, 6) is -4.23. The molecule has 1 aromatic carbocycles. The van der Waals surface area contributed by atoms with Gasteiger partial charge >= 0.3 is 5.97 Å². The van der Waals surface area contributed by atoms with Crippen LogP contribution < -0.4 is 0 Å². The third kappa shape index (κ3) is 4.38. The van der Waals surface area contributed by atoms with Crippen molar-refractivity contribution in [3.63, 3.8) is 0 Å². The summed E-state index contributed by atoms with van der Waals surface area (Å²) in [6, 6.07) is 5.81. The zero-order chi connectivity index (χ0) is 17.7. The van der Waals surface area contributed by atoms with Gasteiger partial charge in [-0.05, 0) is 49.1 Å². The Morgan fingerprint density at radius 2 is 2.00 bits per heavy atom. The number of nitrogens with zero attached hydrogens (tertiary/aromatic N) is 1. The van der Waals surface area contributed by atoms with Gasteiger partial charge in [-0.2, -0.15) is 8.78 Å². The zero-order valence-corrected chi connectivity index (χ0v) is 13.7. The predicted molar refractivity (Wildman–Crippen MR) is 91.4 cm³/mol. The Bertz CT molecular complexity index is 747. The number of allylic oxidation sites excluding steroid dienone is 4. The Morgan fingerprint density at radius 1 is 1.33 bits per heavy atom. The summed E-state index contributed by atoms with van der Waals surface area (Å²) >= 11 is 5.82. The number of rotatable bonds is 4. The topological polar surface area (TPSA) is 49.7 Å². The van der Waals surface area contributed by atoms with Crippen molar-refractivity contribution < 1.29 is 18.7 Å². The highest BCUT2D eigenvalue weighted by Gasteiger charge is 2.27. The van der Waals surface area contributed by atoms with E-state index in [1.54, 1.807) is 18.2 Å². The van der Waals surface area contributed by atoms with Gasteiger partial charge in [-0.3, -0.25) is 0 Å². The van der Waals surface area contributed by atoms with Crippen LogP contribution in [0.25, 0.3) is 5.57 Å². The van der Waals surface area contributed by atoms with Crippen LogP contribution in [0.2, 0.25) is 0 Å². The van der Waals surface area contributed by atoms with Crippen LogP contribution in [0.1, 0.15) is 30.9 Å². The van der Waals surface area contributed by atoms with Gasteiger partial charge in [0.05, 0.1) is 0 Å². The fourth-order valence-electron chi connectivity index (χ4n) is 2.33. The minimum absolute atomic E-state index is 0.120. The van der Waals surface area contributed by atoms with E-state index in [1.807, 2.05) is 0 Å². The van der Waals surface area contributed by atoms with Gasteiger partial charge in [0.15, 0.2) is 0 Å². The molecule has 1 aliphatic rings. The molecule has 0 amide bonds. The highest BCUT2D eigenvalue weighted by atomic mass is 35.5. The molecule has 0 unspecified atom stereocenters. The Balaban J connectivity index is 2.37. The average Bonchev–Trinajstić information content (AvgIpc) is 2.50. The molecule has 2 rings (SSSR count). The number of carbonyl (C=O) groups is 1. The molecule has 126 valence electrons. The van der Waals surface area contributed by atoms with Crippen molar-refractivity contribution in [2.75, 3.05) is 0 Å². The molecule has 0 spiro atoms. The second-order valence-corrected chi connectivity index (χ2v) is 5.62. The highest BCUT2D eigenvalue weighted by molar-refractivity contribution is 6.43. The van der Waals surface area contributed by atoms with Crippen LogP contribution >= 0.6 is 11.6 Å². The maximum Gasteiger partial charge on any atom is 0.354 e. The van der Waals surface area contributed by atoms with Gasteiger partial charge in [0.2, 0.25) is 0 Å². The Kier molecular flexibility index (Phi) is 5.67. The van der Waals surface area contributed by atoms with Gasteiger partial charge < -0.3 is 5.11 Å². The van der Waals surface area contributed by atoms with Gasteiger partial charge in [0, 0.05) is 5.56 Å². The summed E-state index contributed by atoms with van der Waals surface area (Å²) in [6.45, 7) is 1.53. The van der Waals surface area contributed by atoms with Gasteiger partial charge in [0.1, 0.15) is 10.9 Å². The first-order chi connectivity index (χ1) is 11.3. The highest BCUT2D eigenvalue weighted by Crippen LogP contribution is 2.31. The minimum atomic E-state index is -3.04. The molecule has 1 N–H and O–H groups in total. The molecule has 1 aliphatic heterocycles. The maximum absolute atomic E-state index is 13.8. The summed E-state index contributed by atoms with van der Waals surface area (Å²) in [6.07, 6.45) is 6.31. The Labute approximate surface area is 143 Å². The van der Waals surface area contributed by atoms with Crippen LogP contribution in [0.5, 0.6) is 0 Å². The van der Waals surface area contributed by atoms with Crippen molar-refractivity contribution >= 4 is 28.9 Å². The molecule has 6 heteroatoms. The lowest BCUT2D eigenvalue weighted by Gasteiger charge is -2.14. The van der Waals surface area contributed by atoms with Crippen molar-refractivity contribution in [1.29, 1.82) is 0 Å². The number of halogens is 3. The predicted octanol–water partition coefficient (Wildman–Crippen LogP) is 5.14. The first kappa shape index (κ1) is 18.1. The number of benzene rings is 1. The monoisotopic (exact) mass is 351 g/mol. The first-order valence-corrected chi connectivity index (χ1v) is 7.72. The molecule has 1 heterocycles. The van der Waals surface area contributed by atoms with Crippen molar-refractivity contribution in [3.05, 3.63) is 64.9 Å². The van der Waals surface area contributed by atoms with E-state index in [2.05, 4.69) is 4.99 Å². The number of hydrogen-bond acceptors (Lipinski definition) is 2. The zero-order valence-electron chi connectivity index (χ0n) is 13.0. The van der Waals surface area contributed by atoms with E-state index in [1.165, 1.54) is 31.2 Å². The molecule has 0 bridgehead atoms. The summed E-state index contributed by atoms with van der Waals surface area (Å²) in [4.78, 5) is 15.1.